The van der Waals surface area contributed by atoms with Crippen molar-refractivity contribution in [2.24, 2.45) is 5.92 Å². The van der Waals surface area contributed by atoms with Gasteiger partial charge < -0.3 is 4.90 Å². The van der Waals surface area contributed by atoms with E-state index in [1.54, 1.807) is 6.07 Å². The van der Waals surface area contributed by atoms with Gasteiger partial charge in [-0.15, -0.1) is 11.6 Å². The van der Waals surface area contributed by atoms with Gasteiger partial charge in [-0.3, -0.25) is 15.0 Å². The van der Waals surface area contributed by atoms with Crippen LogP contribution in [0.3, 0.4) is 0 Å². The summed E-state index contributed by atoms with van der Waals surface area (Å²) in [5.74, 6) is 0.844. The van der Waals surface area contributed by atoms with Crippen LogP contribution >= 0.6 is 11.6 Å². The molecule has 1 fully saturated rings. The number of nitro benzene ring substituents is 1. The van der Waals surface area contributed by atoms with Gasteiger partial charge in [0.25, 0.3) is 5.69 Å². The van der Waals surface area contributed by atoms with Crippen molar-refractivity contribution in [1.82, 2.24) is 4.90 Å². The van der Waals surface area contributed by atoms with Crippen LogP contribution in [0.2, 0.25) is 0 Å². The van der Waals surface area contributed by atoms with Crippen molar-refractivity contribution in [1.29, 1.82) is 0 Å². The first-order chi connectivity index (χ1) is 10.0. The summed E-state index contributed by atoms with van der Waals surface area (Å²) in [5.41, 5.74) is 1.72. The van der Waals surface area contributed by atoms with Gasteiger partial charge in [0, 0.05) is 50.0 Å². The molecular weight excluding hydrogens is 290 g/mol. The van der Waals surface area contributed by atoms with E-state index in [2.05, 4.69) is 23.6 Å². The molecule has 0 N–H and O–H groups in total. The zero-order valence-electron chi connectivity index (χ0n) is 12.6. The van der Waals surface area contributed by atoms with Gasteiger partial charge >= 0.3 is 0 Å². The quantitative estimate of drug-likeness (QED) is 0.476. The number of piperazine rings is 1. The van der Waals surface area contributed by atoms with E-state index in [0.717, 1.165) is 38.4 Å². The molecule has 0 aromatic heterocycles. The summed E-state index contributed by atoms with van der Waals surface area (Å²) < 4.78 is 0. The Bertz CT molecular complexity index is 500. The van der Waals surface area contributed by atoms with Crippen LogP contribution in [-0.4, -0.2) is 42.5 Å². The second-order valence-corrected chi connectivity index (χ2v) is 6.15. The molecule has 116 valence electrons. The molecule has 21 heavy (non-hydrogen) atoms. The summed E-state index contributed by atoms with van der Waals surface area (Å²) in [5, 5.41) is 10.9. The van der Waals surface area contributed by atoms with Crippen molar-refractivity contribution < 1.29 is 4.92 Å². The third-order valence-corrected chi connectivity index (χ3v) is 4.05. The summed E-state index contributed by atoms with van der Waals surface area (Å²) in [6, 6.07) is 5.24. The first-order valence-electron chi connectivity index (χ1n) is 7.32. The van der Waals surface area contributed by atoms with Crippen molar-refractivity contribution in [3.63, 3.8) is 0 Å². The van der Waals surface area contributed by atoms with Crippen LogP contribution < -0.4 is 4.90 Å². The Kier molecular flexibility index (Phi) is 5.42. The molecule has 0 aliphatic carbocycles. The zero-order chi connectivity index (χ0) is 15.4. The highest BCUT2D eigenvalue weighted by Gasteiger charge is 2.20. The Balaban J connectivity index is 2.05. The van der Waals surface area contributed by atoms with Crippen molar-refractivity contribution in [3.8, 4) is 0 Å². The minimum Gasteiger partial charge on any atom is -0.369 e. The van der Waals surface area contributed by atoms with Gasteiger partial charge in [-0.25, -0.2) is 0 Å². The van der Waals surface area contributed by atoms with E-state index in [4.69, 9.17) is 11.6 Å². The SMILES string of the molecule is CC(C)CN1CCN(c2ccc([N+](=O)[O-])c(CCl)c2)CC1. The largest absolute Gasteiger partial charge is 0.369 e. The van der Waals surface area contributed by atoms with Crippen molar-refractivity contribution in [2.75, 3.05) is 37.6 Å². The molecule has 0 spiro atoms. The van der Waals surface area contributed by atoms with Gasteiger partial charge in [-0.05, 0) is 18.1 Å². The number of hydrogen-bond donors (Lipinski definition) is 0. The summed E-state index contributed by atoms with van der Waals surface area (Å²) in [4.78, 5) is 15.3. The maximum Gasteiger partial charge on any atom is 0.273 e. The Morgan fingerprint density at radius 2 is 1.95 bits per heavy atom. The number of rotatable bonds is 5. The molecule has 0 bridgehead atoms. The highest BCUT2D eigenvalue weighted by Crippen LogP contribution is 2.27. The third-order valence-electron chi connectivity index (χ3n) is 3.76. The van der Waals surface area contributed by atoms with Crippen LogP contribution in [0.1, 0.15) is 19.4 Å². The maximum atomic E-state index is 10.9. The third kappa shape index (κ3) is 4.08. The van der Waals surface area contributed by atoms with E-state index < -0.39 is 0 Å². The van der Waals surface area contributed by atoms with Crippen LogP contribution in [-0.2, 0) is 5.88 Å². The molecule has 6 heteroatoms. The molecule has 0 atom stereocenters. The Morgan fingerprint density at radius 3 is 2.48 bits per heavy atom. The normalized spacial score (nSPS) is 16.5. The lowest BCUT2D eigenvalue weighted by molar-refractivity contribution is -0.385. The second kappa shape index (κ2) is 7.09. The monoisotopic (exact) mass is 311 g/mol. The molecule has 2 rings (SSSR count). The topological polar surface area (TPSA) is 49.6 Å². The lowest BCUT2D eigenvalue weighted by Gasteiger charge is -2.37. The van der Waals surface area contributed by atoms with Gasteiger partial charge in [-0.1, -0.05) is 13.8 Å². The van der Waals surface area contributed by atoms with Gasteiger partial charge in [0.05, 0.1) is 10.8 Å². The van der Waals surface area contributed by atoms with E-state index in [1.807, 2.05) is 12.1 Å². The standard InChI is InChI=1S/C15H22ClN3O2/c1-12(2)11-17-5-7-18(8-6-17)14-3-4-15(19(20)21)13(9-14)10-16/h3-4,9,12H,5-8,10-11H2,1-2H3. The van der Waals surface area contributed by atoms with Crippen LogP contribution in [0.4, 0.5) is 11.4 Å². The summed E-state index contributed by atoms with van der Waals surface area (Å²) in [6.07, 6.45) is 0. The van der Waals surface area contributed by atoms with Crippen LogP contribution in [0.15, 0.2) is 18.2 Å². The molecular formula is C15H22ClN3O2. The smallest absolute Gasteiger partial charge is 0.273 e. The van der Waals surface area contributed by atoms with E-state index in [1.165, 1.54) is 0 Å². The fourth-order valence-electron chi connectivity index (χ4n) is 2.76. The first-order valence-corrected chi connectivity index (χ1v) is 7.85. The van der Waals surface area contributed by atoms with Crippen molar-refractivity contribution in [3.05, 3.63) is 33.9 Å². The minimum atomic E-state index is -0.373. The number of nitro groups is 1. The van der Waals surface area contributed by atoms with Crippen LogP contribution in [0.5, 0.6) is 0 Å². The van der Waals surface area contributed by atoms with Crippen LogP contribution in [0.25, 0.3) is 0 Å². The zero-order valence-corrected chi connectivity index (χ0v) is 13.3. The minimum absolute atomic E-state index is 0.104. The molecule has 1 saturated heterocycles. The predicted octanol–water partition coefficient (Wildman–Crippen LogP) is 3.11. The van der Waals surface area contributed by atoms with Crippen molar-refractivity contribution in [2.45, 2.75) is 19.7 Å². The number of nitrogens with zero attached hydrogens (tertiary/aromatic N) is 3. The average molecular weight is 312 g/mol. The Morgan fingerprint density at radius 1 is 1.29 bits per heavy atom. The fraction of sp³-hybridized carbons (Fsp3) is 0.600. The average Bonchev–Trinajstić information content (AvgIpc) is 2.46. The van der Waals surface area contributed by atoms with Gasteiger partial charge in [0.1, 0.15) is 0 Å². The lowest BCUT2D eigenvalue weighted by Crippen LogP contribution is -2.47. The number of alkyl halides is 1. The molecule has 0 saturated carbocycles. The molecule has 1 aliphatic heterocycles. The molecule has 1 aliphatic rings. The van der Waals surface area contributed by atoms with Gasteiger partial charge in [-0.2, -0.15) is 0 Å². The van der Waals surface area contributed by atoms with Gasteiger partial charge in [0.2, 0.25) is 0 Å². The number of anilines is 1. The van der Waals surface area contributed by atoms with E-state index in [9.17, 15) is 10.1 Å². The van der Waals surface area contributed by atoms with E-state index in [0.29, 0.717) is 11.5 Å². The highest BCUT2D eigenvalue weighted by atomic mass is 35.5. The van der Waals surface area contributed by atoms with Crippen LogP contribution in [0, 0.1) is 16.0 Å². The molecule has 1 aromatic rings. The summed E-state index contributed by atoms with van der Waals surface area (Å²) in [6.45, 7) is 9.56. The number of halogens is 1. The molecule has 1 aromatic carbocycles. The van der Waals surface area contributed by atoms with E-state index in [-0.39, 0.29) is 16.5 Å². The molecule has 0 unspecified atom stereocenters. The highest BCUT2D eigenvalue weighted by molar-refractivity contribution is 6.17. The van der Waals surface area contributed by atoms with Gasteiger partial charge in [0.15, 0.2) is 0 Å². The lowest BCUT2D eigenvalue weighted by atomic mass is 10.1. The first kappa shape index (κ1) is 16.0. The predicted molar refractivity (Wildman–Crippen MR) is 86.1 cm³/mol. The second-order valence-electron chi connectivity index (χ2n) is 5.89. The van der Waals surface area contributed by atoms with Crippen molar-refractivity contribution >= 4 is 23.0 Å². The van der Waals surface area contributed by atoms with E-state index >= 15 is 0 Å². The maximum absolute atomic E-state index is 10.9. The summed E-state index contributed by atoms with van der Waals surface area (Å²) >= 11 is 5.84. The molecule has 1 heterocycles. The molecule has 5 nitrogen and oxygen atoms in total. The Labute approximate surface area is 130 Å². The number of benzene rings is 1. The molecule has 0 amide bonds. The fourth-order valence-corrected chi connectivity index (χ4v) is 2.97. The molecule has 0 radical (unpaired) electrons. The Hall–Kier alpha value is -1.33. The number of hydrogen-bond acceptors (Lipinski definition) is 4. The summed E-state index contributed by atoms with van der Waals surface area (Å²) in [7, 11) is 0.